The van der Waals surface area contributed by atoms with E-state index < -0.39 is 11.8 Å². The monoisotopic (exact) mass is 381 g/mol. The van der Waals surface area contributed by atoms with Gasteiger partial charge in [0.05, 0.1) is 6.20 Å². The van der Waals surface area contributed by atoms with Crippen molar-refractivity contribution in [2.45, 2.75) is 11.8 Å². The highest BCUT2D eigenvalue weighted by Crippen LogP contribution is 2.50. The summed E-state index contributed by atoms with van der Waals surface area (Å²) >= 11 is 9.60. The molecule has 0 amide bonds. The van der Waals surface area contributed by atoms with E-state index in [2.05, 4.69) is 26.2 Å². The minimum absolute atomic E-state index is 0.392. The first-order valence-corrected chi connectivity index (χ1v) is 8.04. The van der Waals surface area contributed by atoms with Gasteiger partial charge in [0.2, 0.25) is 0 Å². The van der Waals surface area contributed by atoms with Crippen molar-refractivity contribution in [1.29, 1.82) is 0 Å². The summed E-state index contributed by atoms with van der Waals surface area (Å²) in [5.41, 5.74) is 7.06. The van der Waals surface area contributed by atoms with Crippen molar-refractivity contribution in [3.63, 3.8) is 0 Å². The molecule has 2 unspecified atom stereocenters. The van der Waals surface area contributed by atoms with Crippen LogP contribution >= 0.6 is 27.5 Å². The lowest BCUT2D eigenvalue weighted by Crippen LogP contribution is -2.56. The van der Waals surface area contributed by atoms with Crippen LogP contribution < -0.4 is 15.8 Å². The Balaban J connectivity index is 1.99. The Hall–Kier alpha value is -1.18. The van der Waals surface area contributed by atoms with E-state index in [4.69, 9.17) is 26.8 Å². The second kappa shape index (κ2) is 5.18. The molecule has 2 aromatic rings. The number of fused-ring (bicyclic) bond motifs is 4. The molecule has 1 aromatic carbocycles. The van der Waals surface area contributed by atoms with Crippen molar-refractivity contribution in [1.82, 2.24) is 10.3 Å². The van der Waals surface area contributed by atoms with E-state index in [1.807, 2.05) is 18.2 Å². The van der Waals surface area contributed by atoms with E-state index in [0.29, 0.717) is 24.0 Å². The molecule has 1 spiro atoms. The maximum atomic E-state index is 6.21. The number of ether oxygens (including phenoxy) is 2. The van der Waals surface area contributed by atoms with E-state index in [-0.39, 0.29) is 0 Å². The minimum atomic E-state index is -0.739. The summed E-state index contributed by atoms with van der Waals surface area (Å²) in [5.74, 6) is 1.37. The SMILES string of the molecule is NC1CNCC2(O1)c1cc(Br)ccc1Oc1cnc(Cl)cc12. The lowest BCUT2D eigenvalue weighted by molar-refractivity contribution is -0.0971. The number of aromatic nitrogens is 1. The van der Waals surface area contributed by atoms with E-state index in [1.165, 1.54) is 0 Å². The van der Waals surface area contributed by atoms with Gasteiger partial charge in [-0.2, -0.15) is 0 Å². The van der Waals surface area contributed by atoms with Gasteiger partial charge < -0.3 is 20.5 Å². The summed E-state index contributed by atoms with van der Waals surface area (Å²) in [6.07, 6.45) is 1.20. The lowest BCUT2D eigenvalue weighted by Gasteiger charge is -2.44. The van der Waals surface area contributed by atoms with Crippen molar-refractivity contribution in [3.05, 3.63) is 51.2 Å². The number of hydrogen-bond acceptors (Lipinski definition) is 5. The van der Waals surface area contributed by atoms with Gasteiger partial charge in [0, 0.05) is 28.7 Å². The van der Waals surface area contributed by atoms with Gasteiger partial charge in [-0.25, -0.2) is 4.98 Å². The molecule has 0 aliphatic carbocycles. The number of nitrogens with two attached hydrogens (primary N) is 1. The largest absolute Gasteiger partial charge is 0.455 e. The van der Waals surface area contributed by atoms with Crippen LogP contribution in [0.5, 0.6) is 11.5 Å². The van der Waals surface area contributed by atoms with Gasteiger partial charge in [0.25, 0.3) is 0 Å². The molecule has 0 bridgehead atoms. The fourth-order valence-corrected chi connectivity index (χ4v) is 3.55. The van der Waals surface area contributed by atoms with Gasteiger partial charge in [0.1, 0.15) is 22.7 Å². The van der Waals surface area contributed by atoms with Crippen LogP contribution in [0.2, 0.25) is 5.15 Å². The maximum absolute atomic E-state index is 6.21. The third-order valence-electron chi connectivity index (χ3n) is 3.94. The molecule has 2 aliphatic rings. The first-order chi connectivity index (χ1) is 10.6. The molecule has 4 rings (SSSR count). The zero-order chi connectivity index (χ0) is 15.3. The van der Waals surface area contributed by atoms with Crippen molar-refractivity contribution in [2.24, 2.45) is 5.73 Å². The molecule has 1 aromatic heterocycles. The lowest BCUT2D eigenvalue weighted by atomic mass is 9.82. The molecule has 5 nitrogen and oxygen atoms in total. The number of nitrogens with one attached hydrogen (secondary N) is 1. The molecule has 7 heteroatoms. The number of halogens is 2. The second-order valence-electron chi connectivity index (χ2n) is 5.36. The van der Waals surface area contributed by atoms with Gasteiger partial charge in [-0.15, -0.1) is 0 Å². The molecule has 114 valence electrons. The highest BCUT2D eigenvalue weighted by molar-refractivity contribution is 9.10. The van der Waals surface area contributed by atoms with Crippen LogP contribution in [0.4, 0.5) is 0 Å². The van der Waals surface area contributed by atoms with Crippen LogP contribution in [0.1, 0.15) is 11.1 Å². The number of rotatable bonds is 0. The molecule has 3 N–H and O–H groups in total. The van der Waals surface area contributed by atoms with Crippen LogP contribution in [0.15, 0.2) is 34.9 Å². The van der Waals surface area contributed by atoms with Crippen molar-refractivity contribution in [3.8, 4) is 11.5 Å². The van der Waals surface area contributed by atoms with Gasteiger partial charge in [0.15, 0.2) is 5.75 Å². The smallest absolute Gasteiger partial charge is 0.152 e. The molecule has 0 radical (unpaired) electrons. The number of pyridine rings is 1. The summed E-state index contributed by atoms with van der Waals surface area (Å²) in [6.45, 7) is 1.18. The van der Waals surface area contributed by atoms with Gasteiger partial charge >= 0.3 is 0 Å². The zero-order valence-corrected chi connectivity index (χ0v) is 13.8. The van der Waals surface area contributed by atoms with Gasteiger partial charge in [-0.05, 0) is 24.3 Å². The number of morpholine rings is 1. The Morgan fingerprint density at radius 1 is 1.32 bits per heavy atom. The van der Waals surface area contributed by atoms with E-state index in [0.717, 1.165) is 21.3 Å². The third-order valence-corrected chi connectivity index (χ3v) is 4.64. The number of benzene rings is 1. The van der Waals surface area contributed by atoms with Crippen LogP contribution in [0, 0.1) is 0 Å². The second-order valence-corrected chi connectivity index (χ2v) is 6.66. The van der Waals surface area contributed by atoms with Crippen LogP contribution in [-0.4, -0.2) is 24.3 Å². The quantitative estimate of drug-likeness (QED) is 0.686. The fraction of sp³-hybridized carbons (Fsp3) is 0.267. The van der Waals surface area contributed by atoms with Crippen LogP contribution in [0.3, 0.4) is 0 Å². The van der Waals surface area contributed by atoms with E-state index in [1.54, 1.807) is 12.3 Å². The Morgan fingerprint density at radius 3 is 2.95 bits per heavy atom. The first-order valence-electron chi connectivity index (χ1n) is 6.86. The summed E-state index contributed by atoms with van der Waals surface area (Å²) in [6, 6.07) is 7.60. The highest BCUT2D eigenvalue weighted by Gasteiger charge is 2.46. The topological polar surface area (TPSA) is 69.4 Å². The maximum Gasteiger partial charge on any atom is 0.152 e. The standard InChI is InChI=1S/C15H13BrClN3O2/c16-8-1-2-11-9(3-8)15(7-19-6-14(18)22-15)10-4-13(17)20-5-12(10)21-11/h1-5,14,19H,6-7,18H2. The van der Waals surface area contributed by atoms with Crippen molar-refractivity contribution >= 4 is 27.5 Å². The summed E-state index contributed by atoms with van der Waals surface area (Å²) in [4.78, 5) is 4.10. The molecule has 22 heavy (non-hydrogen) atoms. The Labute approximate surface area is 140 Å². The van der Waals surface area contributed by atoms with Crippen LogP contribution in [0.25, 0.3) is 0 Å². The van der Waals surface area contributed by atoms with Crippen molar-refractivity contribution in [2.75, 3.05) is 13.1 Å². The number of nitrogens with zero attached hydrogens (tertiary/aromatic N) is 1. The van der Waals surface area contributed by atoms with Gasteiger partial charge in [-0.1, -0.05) is 27.5 Å². The first kappa shape index (κ1) is 14.4. The molecule has 3 heterocycles. The fourth-order valence-electron chi connectivity index (χ4n) is 3.03. The Morgan fingerprint density at radius 2 is 2.14 bits per heavy atom. The molecule has 2 atom stereocenters. The van der Waals surface area contributed by atoms with E-state index in [9.17, 15) is 0 Å². The minimum Gasteiger partial charge on any atom is -0.455 e. The molecule has 0 saturated carbocycles. The predicted molar refractivity (Wildman–Crippen MR) is 86.2 cm³/mol. The summed E-state index contributed by atoms with van der Waals surface area (Å²) < 4.78 is 13.1. The van der Waals surface area contributed by atoms with Crippen molar-refractivity contribution < 1.29 is 9.47 Å². The average Bonchev–Trinajstić information content (AvgIpc) is 2.49. The Kier molecular flexibility index (Phi) is 3.39. The average molecular weight is 383 g/mol. The highest BCUT2D eigenvalue weighted by atomic mass is 79.9. The van der Waals surface area contributed by atoms with E-state index >= 15 is 0 Å². The number of hydrogen-bond donors (Lipinski definition) is 2. The van der Waals surface area contributed by atoms with Crippen LogP contribution in [-0.2, 0) is 10.3 Å². The molecule has 2 aliphatic heterocycles. The molecule has 1 saturated heterocycles. The zero-order valence-electron chi connectivity index (χ0n) is 11.5. The Bertz CT molecular complexity index is 704. The normalized spacial score (nSPS) is 26.2. The molecular weight excluding hydrogens is 370 g/mol. The predicted octanol–water partition coefficient (Wildman–Crippen LogP) is 2.75. The summed E-state index contributed by atoms with van der Waals surface area (Å²) in [7, 11) is 0. The molecule has 1 fully saturated rings. The molecular formula is C15H13BrClN3O2. The third kappa shape index (κ3) is 2.14. The summed E-state index contributed by atoms with van der Waals surface area (Å²) in [5, 5.41) is 3.72. The van der Waals surface area contributed by atoms with Gasteiger partial charge in [-0.3, -0.25) is 0 Å².